The fraction of sp³-hybridized carbons (Fsp3) is 0.977. The second kappa shape index (κ2) is 33.6. The fourth-order valence-corrected chi connectivity index (χ4v) is 7.70. The minimum Gasteiger partial charge on any atom is -0.458 e. The lowest BCUT2D eigenvalue weighted by molar-refractivity contribution is -0.332. The Labute approximate surface area is 349 Å². The number of hydrogen-bond donors (Lipinski definition) is 7. The summed E-state index contributed by atoms with van der Waals surface area (Å²) in [7, 11) is 0. The van der Waals surface area contributed by atoms with Crippen molar-refractivity contribution in [2.24, 2.45) is 0 Å². The van der Waals surface area contributed by atoms with Gasteiger partial charge in [0.05, 0.1) is 26.4 Å². The molecule has 0 aromatic heterocycles. The molecule has 0 radical (unpaired) electrons. The molecule has 0 spiro atoms. The first-order valence-electron chi connectivity index (χ1n) is 23.1. The van der Waals surface area contributed by atoms with Crippen molar-refractivity contribution in [1.29, 1.82) is 0 Å². The zero-order valence-corrected chi connectivity index (χ0v) is 36.1. The Bertz CT molecular complexity index is 975. The predicted molar refractivity (Wildman–Crippen MR) is 220 cm³/mol. The average molecular weight is 837 g/mol. The number of esters is 1. The predicted octanol–water partition coefficient (Wildman–Crippen LogP) is 5.35. The zero-order valence-electron chi connectivity index (χ0n) is 36.1. The van der Waals surface area contributed by atoms with Gasteiger partial charge in [0.25, 0.3) is 0 Å². The molecule has 344 valence electrons. The monoisotopic (exact) mass is 837 g/mol. The normalized spacial score (nSPS) is 28.2. The molecule has 0 bridgehead atoms. The first-order valence-corrected chi connectivity index (χ1v) is 23.1. The second-order valence-electron chi connectivity index (χ2n) is 16.7. The van der Waals surface area contributed by atoms with Gasteiger partial charge in [-0.2, -0.15) is 0 Å². The number of carbonyl (C=O) groups is 1. The van der Waals surface area contributed by atoms with Gasteiger partial charge >= 0.3 is 5.97 Å². The summed E-state index contributed by atoms with van der Waals surface area (Å²) in [6.07, 6.45) is 17.3. The smallest absolute Gasteiger partial charge is 0.303 e. The van der Waals surface area contributed by atoms with Crippen molar-refractivity contribution >= 4 is 5.97 Å². The molecule has 7 N–H and O–H groups in total. The molecule has 2 heterocycles. The van der Waals surface area contributed by atoms with E-state index in [2.05, 4.69) is 6.92 Å². The number of carbonyl (C=O) groups excluding carboxylic acids is 1. The quantitative estimate of drug-likeness (QED) is 0.0313. The van der Waals surface area contributed by atoms with Crippen molar-refractivity contribution in [3.05, 3.63) is 0 Å². The molecule has 58 heavy (non-hydrogen) atoms. The summed E-state index contributed by atoms with van der Waals surface area (Å²) in [5.74, 6) is -0.548. The van der Waals surface area contributed by atoms with Crippen LogP contribution in [0.15, 0.2) is 0 Å². The van der Waals surface area contributed by atoms with Crippen LogP contribution in [0, 0.1) is 0 Å². The van der Waals surface area contributed by atoms with E-state index in [-0.39, 0.29) is 13.2 Å². The topological polar surface area (TPSA) is 214 Å². The van der Waals surface area contributed by atoms with E-state index in [0.717, 1.165) is 19.3 Å². The van der Waals surface area contributed by atoms with Gasteiger partial charge < -0.3 is 64.2 Å². The summed E-state index contributed by atoms with van der Waals surface area (Å²) in [5.41, 5.74) is 0. The van der Waals surface area contributed by atoms with Crippen molar-refractivity contribution in [2.45, 2.75) is 242 Å². The number of rotatable bonds is 36. The second-order valence-corrected chi connectivity index (χ2v) is 16.7. The van der Waals surface area contributed by atoms with Gasteiger partial charge in [-0.05, 0) is 6.42 Å². The Balaban J connectivity index is 1.47. The zero-order chi connectivity index (χ0) is 42.4. The molecule has 0 aromatic carbocycles. The fourth-order valence-electron chi connectivity index (χ4n) is 7.70. The number of aliphatic hydroxyl groups is 7. The Kier molecular flexibility index (Phi) is 30.8. The maximum atomic E-state index is 11.7. The molecular formula is C44H84O14. The third-order valence-electron chi connectivity index (χ3n) is 11.4. The van der Waals surface area contributed by atoms with Crippen molar-refractivity contribution in [1.82, 2.24) is 0 Å². The van der Waals surface area contributed by atoms with Crippen LogP contribution >= 0.6 is 0 Å². The molecule has 14 nitrogen and oxygen atoms in total. The van der Waals surface area contributed by atoms with Crippen LogP contribution in [0.4, 0.5) is 0 Å². The summed E-state index contributed by atoms with van der Waals surface area (Å²) < 4.78 is 33.1. The minimum atomic E-state index is -1.70. The first-order chi connectivity index (χ1) is 28.1. The molecule has 2 aliphatic heterocycles. The highest BCUT2D eigenvalue weighted by Gasteiger charge is 2.47. The molecule has 0 saturated carbocycles. The van der Waals surface area contributed by atoms with Gasteiger partial charge in [0.1, 0.15) is 54.9 Å². The van der Waals surface area contributed by atoms with E-state index in [1.54, 1.807) is 0 Å². The van der Waals surface area contributed by atoms with Gasteiger partial charge in [0.2, 0.25) is 0 Å². The van der Waals surface area contributed by atoms with Crippen LogP contribution in [0.25, 0.3) is 0 Å². The summed E-state index contributed by atoms with van der Waals surface area (Å²) in [6.45, 7) is 2.71. The van der Waals surface area contributed by atoms with Gasteiger partial charge in [-0.15, -0.1) is 0 Å². The summed E-state index contributed by atoms with van der Waals surface area (Å²) in [5, 5.41) is 71.0. The van der Waals surface area contributed by atoms with Gasteiger partial charge in [-0.1, -0.05) is 161 Å². The average Bonchev–Trinajstić information content (AvgIpc) is 3.21. The van der Waals surface area contributed by atoms with E-state index < -0.39 is 86.7 Å². The lowest BCUT2D eigenvalue weighted by Gasteiger charge is -2.42. The number of unbranched alkanes of at least 4 members (excludes halogenated alkanes) is 24. The number of aliphatic hydroxyl groups excluding tert-OH is 7. The van der Waals surface area contributed by atoms with Crippen LogP contribution in [0.1, 0.15) is 174 Å². The van der Waals surface area contributed by atoms with E-state index in [9.17, 15) is 40.5 Å². The number of hydrogen-bond acceptors (Lipinski definition) is 14. The summed E-state index contributed by atoms with van der Waals surface area (Å²) in [6, 6.07) is 0. The van der Waals surface area contributed by atoms with Gasteiger partial charge in [0.15, 0.2) is 12.6 Å². The first kappa shape index (κ1) is 53.1. The van der Waals surface area contributed by atoms with Crippen molar-refractivity contribution in [3.8, 4) is 0 Å². The van der Waals surface area contributed by atoms with Crippen LogP contribution in [0.3, 0.4) is 0 Å². The highest BCUT2D eigenvalue weighted by Crippen LogP contribution is 2.26. The largest absolute Gasteiger partial charge is 0.458 e. The van der Waals surface area contributed by atoms with Crippen molar-refractivity contribution in [3.63, 3.8) is 0 Å². The Morgan fingerprint density at radius 2 is 0.879 bits per heavy atom. The van der Waals surface area contributed by atoms with Crippen LogP contribution < -0.4 is 0 Å². The molecule has 11 unspecified atom stereocenters. The van der Waals surface area contributed by atoms with Crippen molar-refractivity contribution in [2.75, 3.05) is 33.0 Å². The Morgan fingerprint density at radius 3 is 1.29 bits per heavy atom. The maximum absolute atomic E-state index is 11.7. The van der Waals surface area contributed by atoms with Crippen LogP contribution in [0.5, 0.6) is 0 Å². The molecule has 11 atom stereocenters. The SMILES string of the molecule is CCCCCCCCCCCCCCCCCCCCCCCCCCCOCC(COC1OC(COC2OC(CO)C(O)C(O)C2O)C(O)C(O)C1O)OC(C)=O. The van der Waals surface area contributed by atoms with Gasteiger partial charge in [-0.25, -0.2) is 0 Å². The van der Waals surface area contributed by atoms with E-state index in [4.69, 9.17) is 28.4 Å². The summed E-state index contributed by atoms with van der Waals surface area (Å²) in [4.78, 5) is 11.7. The molecule has 2 rings (SSSR count). The highest BCUT2D eigenvalue weighted by atomic mass is 16.7. The molecular weight excluding hydrogens is 752 g/mol. The van der Waals surface area contributed by atoms with Crippen molar-refractivity contribution < 1.29 is 69.0 Å². The molecule has 0 amide bonds. The van der Waals surface area contributed by atoms with Crippen LogP contribution in [0.2, 0.25) is 0 Å². The lowest BCUT2D eigenvalue weighted by Crippen LogP contribution is -2.61. The third kappa shape index (κ3) is 22.7. The van der Waals surface area contributed by atoms with Gasteiger partial charge in [0, 0.05) is 13.5 Å². The standard InChI is InChI=1S/C44H84O14/c1-3-4-5-6-7-8-9-10-11-12-13-14-15-16-17-18-19-20-21-22-23-24-25-26-27-28-53-30-34(56-33(2)46)31-54-43-42(52)40(50)38(48)36(58-43)32-55-44-41(51)39(49)37(47)35(29-45)57-44/h34-45,47-52H,3-32H2,1-2H3. The molecule has 0 aromatic rings. The highest BCUT2D eigenvalue weighted by molar-refractivity contribution is 5.66. The van der Waals surface area contributed by atoms with Gasteiger partial charge in [-0.3, -0.25) is 4.79 Å². The molecule has 2 fully saturated rings. The molecule has 2 saturated heterocycles. The molecule has 2 aliphatic rings. The summed E-state index contributed by atoms with van der Waals surface area (Å²) >= 11 is 0. The number of ether oxygens (including phenoxy) is 6. The third-order valence-corrected chi connectivity index (χ3v) is 11.4. The molecule has 0 aliphatic carbocycles. The van der Waals surface area contributed by atoms with Crippen LogP contribution in [-0.4, -0.2) is 142 Å². The Hall–Kier alpha value is -1.01. The molecule has 14 heteroatoms. The van der Waals surface area contributed by atoms with E-state index in [1.807, 2.05) is 0 Å². The van der Waals surface area contributed by atoms with Crippen LogP contribution in [-0.2, 0) is 33.2 Å². The van der Waals surface area contributed by atoms with E-state index in [1.165, 1.54) is 148 Å². The Morgan fingerprint density at radius 1 is 0.500 bits per heavy atom. The van der Waals surface area contributed by atoms with E-state index >= 15 is 0 Å². The van der Waals surface area contributed by atoms with E-state index in [0.29, 0.717) is 6.61 Å². The lowest BCUT2D eigenvalue weighted by atomic mass is 9.98. The maximum Gasteiger partial charge on any atom is 0.303 e. The minimum absolute atomic E-state index is 0.0522.